The molecule has 8 nitrogen and oxygen atoms in total. The van der Waals surface area contributed by atoms with Gasteiger partial charge in [-0.2, -0.15) is 5.10 Å². The third-order valence-corrected chi connectivity index (χ3v) is 4.84. The minimum atomic E-state index is -0.0908. The first-order valence-electron chi connectivity index (χ1n) is 8.87. The van der Waals surface area contributed by atoms with Gasteiger partial charge in [0.05, 0.1) is 6.54 Å². The maximum Gasteiger partial charge on any atom is 0.291 e. The van der Waals surface area contributed by atoms with E-state index in [4.69, 9.17) is 9.15 Å². The summed E-state index contributed by atoms with van der Waals surface area (Å²) >= 11 is 0. The van der Waals surface area contributed by atoms with Gasteiger partial charge in [0, 0.05) is 32.8 Å². The first-order valence-corrected chi connectivity index (χ1v) is 8.87. The second-order valence-electron chi connectivity index (χ2n) is 6.56. The molecule has 0 bridgehead atoms. The summed E-state index contributed by atoms with van der Waals surface area (Å²) in [6, 6.07) is 4.08. The number of piperazine rings is 1. The van der Waals surface area contributed by atoms with Gasteiger partial charge in [-0.3, -0.25) is 14.8 Å². The number of nitrogens with zero attached hydrogens (tertiary/aromatic N) is 4. The molecule has 134 valence electrons. The van der Waals surface area contributed by atoms with E-state index in [0.29, 0.717) is 18.9 Å². The summed E-state index contributed by atoms with van der Waals surface area (Å²) in [6.45, 7) is 4.57. The highest BCUT2D eigenvalue weighted by Gasteiger charge is 2.25. The van der Waals surface area contributed by atoms with Crippen LogP contribution in [0, 0.1) is 0 Å². The van der Waals surface area contributed by atoms with Crippen molar-refractivity contribution < 1.29 is 13.9 Å². The van der Waals surface area contributed by atoms with Gasteiger partial charge in [0.15, 0.2) is 0 Å². The van der Waals surface area contributed by atoms with Gasteiger partial charge >= 0.3 is 0 Å². The van der Waals surface area contributed by atoms with Gasteiger partial charge in [-0.05, 0) is 31.4 Å². The molecule has 2 aliphatic rings. The number of hydrogen-bond acceptors (Lipinski definition) is 6. The monoisotopic (exact) mass is 345 g/mol. The molecule has 2 aromatic heterocycles. The van der Waals surface area contributed by atoms with E-state index >= 15 is 0 Å². The molecule has 8 heteroatoms. The lowest BCUT2D eigenvalue weighted by molar-refractivity contribution is 0.000646. The molecule has 2 saturated heterocycles. The predicted octanol–water partition coefficient (Wildman–Crippen LogP) is 1.60. The minimum absolute atomic E-state index is 0.0908. The molecule has 0 aromatic carbocycles. The second-order valence-corrected chi connectivity index (χ2v) is 6.56. The summed E-state index contributed by atoms with van der Waals surface area (Å²) in [5, 5.41) is 6.36. The molecular weight excluding hydrogens is 322 g/mol. The zero-order chi connectivity index (χ0) is 17.1. The summed E-state index contributed by atoms with van der Waals surface area (Å²) in [4.78, 5) is 20.3. The van der Waals surface area contributed by atoms with Crippen LogP contribution in [0.2, 0.25) is 0 Å². The van der Waals surface area contributed by atoms with Gasteiger partial charge in [0.1, 0.15) is 24.0 Å². The van der Waals surface area contributed by atoms with Crippen LogP contribution in [0.25, 0.3) is 0 Å². The quantitative estimate of drug-likeness (QED) is 0.905. The number of furan rings is 1. The van der Waals surface area contributed by atoms with E-state index in [1.165, 1.54) is 12.7 Å². The minimum Gasteiger partial charge on any atom is -0.462 e. The lowest BCUT2D eigenvalue weighted by Crippen LogP contribution is -2.48. The molecule has 1 N–H and O–H groups in total. The van der Waals surface area contributed by atoms with Crippen molar-refractivity contribution >= 4 is 5.91 Å². The Hall–Kier alpha value is -2.19. The molecule has 25 heavy (non-hydrogen) atoms. The predicted molar refractivity (Wildman–Crippen MR) is 88.8 cm³/mol. The van der Waals surface area contributed by atoms with E-state index < -0.39 is 0 Å². The number of aromatic amines is 1. The van der Waals surface area contributed by atoms with Crippen molar-refractivity contribution in [2.45, 2.75) is 31.9 Å². The first kappa shape index (κ1) is 16.3. The molecule has 1 atom stereocenters. The second kappa shape index (κ2) is 7.37. The summed E-state index contributed by atoms with van der Waals surface area (Å²) in [7, 11) is 0. The highest BCUT2D eigenvalue weighted by atomic mass is 16.5. The molecule has 0 radical (unpaired) electrons. The average molecular weight is 345 g/mol. The Morgan fingerprint density at radius 2 is 2.12 bits per heavy atom. The van der Waals surface area contributed by atoms with Crippen molar-refractivity contribution in [1.29, 1.82) is 0 Å². The third-order valence-electron chi connectivity index (χ3n) is 4.84. The normalized spacial score (nSPS) is 22.2. The van der Waals surface area contributed by atoms with Crippen LogP contribution in [-0.2, 0) is 11.3 Å². The molecule has 4 heterocycles. The highest BCUT2D eigenvalue weighted by molar-refractivity contribution is 5.90. The third kappa shape index (κ3) is 3.74. The van der Waals surface area contributed by atoms with Gasteiger partial charge in [0.25, 0.3) is 5.91 Å². The number of carbonyl (C=O) groups excluding carboxylic acids is 1. The summed E-state index contributed by atoms with van der Waals surface area (Å²) < 4.78 is 11.8. The van der Waals surface area contributed by atoms with Gasteiger partial charge in [-0.15, -0.1) is 0 Å². The highest BCUT2D eigenvalue weighted by Crippen LogP contribution is 2.29. The number of amides is 1. The molecule has 2 fully saturated rings. The Kier molecular flexibility index (Phi) is 4.80. The van der Waals surface area contributed by atoms with Crippen LogP contribution in [0.4, 0.5) is 0 Å². The van der Waals surface area contributed by atoms with E-state index in [1.54, 1.807) is 4.90 Å². The van der Waals surface area contributed by atoms with E-state index in [9.17, 15) is 4.79 Å². The zero-order valence-corrected chi connectivity index (χ0v) is 14.2. The SMILES string of the molecule is O=C(c1ncn[nH]1)N1CCN(Cc2ccc([C@H]3CCCCO3)o2)CC1. The summed E-state index contributed by atoms with van der Waals surface area (Å²) in [5.41, 5.74) is 0. The Morgan fingerprint density at radius 3 is 2.84 bits per heavy atom. The van der Waals surface area contributed by atoms with Crippen LogP contribution in [0.3, 0.4) is 0 Å². The molecule has 0 aliphatic carbocycles. The molecule has 1 amide bonds. The standard InChI is InChI=1S/C17H23N5O3/c23-17(16-18-12-19-20-16)22-8-6-21(7-9-22)11-13-4-5-15(25-13)14-3-1-2-10-24-14/h4-5,12,14H,1-3,6-11H2,(H,18,19,20)/t14-/m1/s1. The van der Waals surface area contributed by atoms with Gasteiger partial charge in [0.2, 0.25) is 5.82 Å². The average Bonchev–Trinajstić information content (AvgIpc) is 3.35. The van der Waals surface area contributed by atoms with E-state index in [1.807, 2.05) is 12.1 Å². The maximum absolute atomic E-state index is 12.2. The Balaban J connectivity index is 1.28. The van der Waals surface area contributed by atoms with E-state index in [2.05, 4.69) is 20.1 Å². The summed E-state index contributed by atoms with van der Waals surface area (Å²) in [5.74, 6) is 2.11. The number of H-pyrrole nitrogens is 1. The van der Waals surface area contributed by atoms with Gasteiger partial charge in [-0.1, -0.05) is 0 Å². The van der Waals surface area contributed by atoms with E-state index in [0.717, 1.165) is 50.6 Å². The fourth-order valence-electron chi connectivity index (χ4n) is 3.41. The Labute approximate surface area is 146 Å². The Bertz CT molecular complexity index is 685. The van der Waals surface area contributed by atoms with Crippen LogP contribution in [0.5, 0.6) is 0 Å². The summed E-state index contributed by atoms with van der Waals surface area (Å²) in [6.07, 6.45) is 4.84. The fourth-order valence-corrected chi connectivity index (χ4v) is 3.41. The van der Waals surface area contributed by atoms with Crippen LogP contribution in [0.1, 0.15) is 47.5 Å². The van der Waals surface area contributed by atoms with Crippen LogP contribution in [-0.4, -0.2) is 63.7 Å². The van der Waals surface area contributed by atoms with Crippen molar-refractivity contribution in [2.24, 2.45) is 0 Å². The van der Waals surface area contributed by atoms with Crippen LogP contribution < -0.4 is 0 Å². The molecule has 2 aromatic rings. The zero-order valence-electron chi connectivity index (χ0n) is 14.2. The van der Waals surface area contributed by atoms with Gasteiger partial charge in [-0.25, -0.2) is 4.98 Å². The lowest BCUT2D eigenvalue weighted by Gasteiger charge is -2.33. The first-order chi connectivity index (χ1) is 12.3. The van der Waals surface area contributed by atoms with Gasteiger partial charge < -0.3 is 14.1 Å². The smallest absolute Gasteiger partial charge is 0.291 e. The number of ether oxygens (including phenoxy) is 1. The number of aromatic nitrogens is 3. The molecule has 0 saturated carbocycles. The van der Waals surface area contributed by atoms with E-state index in [-0.39, 0.29) is 12.0 Å². The van der Waals surface area contributed by atoms with Crippen LogP contribution >= 0.6 is 0 Å². The van der Waals surface area contributed by atoms with Crippen molar-refractivity contribution in [1.82, 2.24) is 25.0 Å². The van der Waals surface area contributed by atoms with Crippen molar-refractivity contribution in [3.05, 3.63) is 35.8 Å². The van der Waals surface area contributed by atoms with Crippen molar-refractivity contribution in [3.63, 3.8) is 0 Å². The number of rotatable bonds is 4. The van der Waals surface area contributed by atoms with Crippen molar-refractivity contribution in [3.8, 4) is 0 Å². The lowest BCUT2D eigenvalue weighted by atomic mass is 10.1. The number of nitrogens with one attached hydrogen (secondary N) is 1. The molecule has 4 rings (SSSR count). The molecule has 0 spiro atoms. The van der Waals surface area contributed by atoms with Crippen LogP contribution in [0.15, 0.2) is 22.9 Å². The Morgan fingerprint density at radius 1 is 1.24 bits per heavy atom. The van der Waals surface area contributed by atoms with Crippen molar-refractivity contribution in [2.75, 3.05) is 32.8 Å². The number of carbonyl (C=O) groups is 1. The largest absolute Gasteiger partial charge is 0.462 e. The molecule has 0 unspecified atom stereocenters. The maximum atomic E-state index is 12.2. The molecule has 2 aliphatic heterocycles. The topological polar surface area (TPSA) is 87.5 Å². The molecular formula is C17H23N5O3. The number of hydrogen-bond donors (Lipinski definition) is 1. The fraction of sp³-hybridized carbons (Fsp3) is 0.588.